The van der Waals surface area contributed by atoms with Gasteiger partial charge in [0, 0.05) is 18.5 Å². The molecule has 33 heavy (non-hydrogen) atoms. The molecule has 188 valence electrons. The predicted molar refractivity (Wildman–Crippen MR) is 118 cm³/mol. The summed E-state index contributed by atoms with van der Waals surface area (Å²) in [5.74, 6) is -1.55. The summed E-state index contributed by atoms with van der Waals surface area (Å²) < 4.78 is 65.7. The highest BCUT2D eigenvalue weighted by atomic mass is 32.2. The number of aliphatic carboxylic acids is 1. The van der Waals surface area contributed by atoms with Crippen LogP contribution in [0.15, 0.2) is 29.2 Å². The third-order valence-electron chi connectivity index (χ3n) is 6.05. The number of fused-ring (bicyclic) bond motifs is 1. The van der Waals surface area contributed by atoms with E-state index in [1.54, 1.807) is 22.5 Å². The summed E-state index contributed by atoms with van der Waals surface area (Å²) >= 11 is 0. The second-order valence-electron chi connectivity index (χ2n) is 8.99. The first kappa shape index (κ1) is 27.4. The van der Waals surface area contributed by atoms with Gasteiger partial charge in [0.1, 0.15) is 10.6 Å². The van der Waals surface area contributed by atoms with Crippen LogP contribution < -0.4 is 4.74 Å². The first-order valence-electron chi connectivity index (χ1n) is 11.1. The number of carbonyl (C=O) groups is 1. The van der Waals surface area contributed by atoms with Gasteiger partial charge in [0.05, 0.1) is 6.61 Å². The van der Waals surface area contributed by atoms with Gasteiger partial charge in [0.15, 0.2) is 0 Å². The first-order valence-corrected chi connectivity index (χ1v) is 12.5. The van der Waals surface area contributed by atoms with Crippen LogP contribution in [0.4, 0.5) is 13.2 Å². The number of likely N-dealkylation sites (tertiary alicyclic amines) is 1. The van der Waals surface area contributed by atoms with Crippen molar-refractivity contribution in [3.05, 3.63) is 24.3 Å². The maximum absolute atomic E-state index is 13.1. The number of halogens is 3. The van der Waals surface area contributed by atoms with Crippen molar-refractivity contribution < 1.29 is 36.2 Å². The molecule has 7 nitrogen and oxygen atoms in total. The molecule has 1 aromatic carbocycles. The molecule has 0 saturated carbocycles. The maximum Gasteiger partial charge on any atom is 0.490 e. The summed E-state index contributed by atoms with van der Waals surface area (Å²) in [6.07, 6.45) is -1.90. The van der Waals surface area contributed by atoms with Crippen molar-refractivity contribution in [2.24, 2.45) is 11.3 Å². The quantitative estimate of drug-likeness (QED) is 0.684. The van der Waals surface area contributed by atoms with Gasteiger partial charge in [0.25, 0.3) is 0 Å². The number of benzene rings is 1. The van der Waals surface area contributed by atoms with Crippen LogP contribution >= 0.6 is 0 Å². The molecule has 2 aliphatic rings. The molecule has 1 N–H and O–H groups in total. The molecule has 0 amide bonds. The molecule has 0 aliphatic carbocycles. The summed E-state index contributed by atoms with van der Waals surface area (Å²) in [5.41, 5.74) is -0.0923. The molecule has 1 saturated heterocycles. The molecule has 1 spiro atoms. The Balaban J connectivity index is 0.000000479. The summed E-state index contributed by atoms with van der Waals surface area (Å²) in [6, 6.07) is 7.03. The fourth-order valence-electron chi connectivity index (χ4n) is 3.93. The number of nitrogens with zero attached hydrogens (tertiary/aromatic N) is 2. The number of hydrogen-bond acceptors (Lipinski definition) is 5. The Morgan fingerprint density at radius 1 is 1.21 bits per heavy atom. The Morgan fingerprint density at radius 3 is 2.30 bits per heavy atom. The number of carboxylic acid groups (broad SMARTS) is 1. The molecule has 11 heteroatoms. The first-order chi connectivity index (χ1) is 15.3. The SMILES string of the molecule is CCN1CC2(CCN(CCC(C)C)CC2)COc2ccccc2S1(=O)=O.O=C(O)C(F)(F)F. The Morgan fingerprint density at radius 2 is 1.79 bits per heavy atom. The van der Waals surface area contributed by atoms with Crippen molar-refractivity contribution in [3.8, 4) is 5.75 Å². The Hall–Kier alpha value is -1.85. The monoisotopic (exact) mass is 494 g/mol. The topological polar surface area (TPSA) is 87.2 Å². The largest absolute Gasteiger partial charge is 0.492 e. The van der Waals surface area contributed by atoms with Crippen molar-refractivity contribution in [1.82, 2.24) is 9.21 Å². The van der Waals surface area contributed by atoms with E-state index in [-0.39, 0.29) is 5.41 Å². The van der Waals surface area contributed by atoms with Crippen LogP contribution in [0.3, 0.4) is 0 Å². The van der Waals surface area contributed by atoms with Crippen molar-refractivity contribution >= 4 is 16.0 Å². The van der Waals surface area contributed by atoms with Gasteiger partial charge in [-0.15, -0.1) is 0 Å². The van der Waals surface area contributed by atoms with Crippen molar-refractivity contribution in [1.29, 1.82) is 0 Å². The average molecular weight is 495 g/mol. The molecule has 0 aromatic heterocycles. The van der Waals surface area contributed by atoms with Gasteiger partial charge in [-0.05, 0) is 56.9 Å². The highest BCUT2D eigenvalue weighted by molar-refractivity contribution is 7.89. The molecule has 2 aliphatic heterocycles. The molecular weight excluding hydrogens is 461 g/mol. The Labute approximate surface area is 193 Å². The van der Waals surface area contributed by atoms with E-state index in [0.29, 0.717) is 36.3 Å². The van der Waals surface area contributed by atoms with E-state index >= 15 is 0 Å². The number of para-hydroxylation sites is 1. The fraction of sp³-hybridized carbons (Fsp3) is 0.682. The number of rotatable bonds is 4. The summed E-state index contributed by atoms with van der Waals surface area (Å²) in [5, 5.41) is 7.12. The van der Waals surface area contributed by atoms with E-state index in [9.17, 15) is 21.6 Å². The molecule has 0 bridgehead atoms. The van der Waals surface area contributed by atoms with Crippen LogP contribution in [0.25, 0.3) is 0 Å². The van der Waals surface area contributed by atoms with E-state index in [0.717, 1.165) is 32.5 Å². The zero-order chi connectivity index (χ0) is 24.9. The minimum absolute atomic E-state index is 0.0923. The van der Waals surface area contributed by atoms with Crippen LogP contribution in [-0.4, -0.2) is 74.2 Å². The van der Waals surface area contributed by atoms with Crippen LogP contribution in [0, 0.1) is 11.3 Å². The number of hydrogen-bond donors (Lipinski definition) is 1. The van der Waals surface area contributed by atoms with Crippen LogP contribution in [0.5, 0.6) is 5.75 Å². The lowest BCUT2D eigenvalue weighted by atomic mass is 9.78. The molecule has 0 radical (unpaired) electrons. The van der Waals surface area contributed by atoms with Gasteiger partial charge < -0.3 is 14.7 Å². The number of piperidine rings is 1. The van der Waals surface area contributed by atoms with Gasteiger partial charge >= 0.3 is 12.1 Å². The summed E-state index contributed by atoms with van der Waals surface area (Å²) in [7, 11) is -3.51. The fourth-order valence-corrected chi connectivity index (χ4v) is 5.63. The van der Waals surface area contributed by atoms with E-state index in [4.69, 9.17) is 14.6 Å². The second kappa shape index (κ2) is 11.1. The molecule has 1 fully saturated rings. The van der Waals surface area contributed by atoms with E-state index in [1.165, 1.54) is 6.42 Å². The van der Waals surface area contributed by atoms with Crippen molar-refractivity contribution in [3.63, 3.8) is 0 Å². The third kappa shape index (κ3) is 7.31. The van der Waals surface area contributed by atoms with Gasteiger partial charge in [-0.25, -0.2) is 13.2 Å². The smallest absolute Gasteiger partial charge is 0.490 e. The highest BCUT2D eigenvalue weighted by Gasteiger charge is 2.42. The molecule has 2 heterocycles. The van der Waals surface area contributed by atoms with Crippen LogP contribution in [-0.2, 0) is 14.8 Å². The Bertz CT molecular complexity index is 898. The van der Waals surface area contributed by atoms with Crippen molar-refractivity contribution in [2.75, 3.05) is 39.3 Å². The summed E-state index contributed by atoms with van der Waals surface area (Å²) in [4.78, 5) is 11.7. The Kier molecular flexibility index (Phi) is 9.17. The summed E-state index contributed by atoms with van der Waals surface area (Å²) in [6.45, 7) is 11.3. The zero-order valence-electron chi connectivity index (χ0n) is 19.3. The second-order valence-corrected chi connectivity index (χ2v) is 10.9. The molecule has 0 unspecified atom stereocenters. The lowest BCUT2D eigenvalue weighted by Gasteiger charge is -2.45. The highest BCUT2D eigenvalue weighted by Crippen LogP contribution is 2.39. The molecular formula is C22H33F3N2O5S. The predicted octanol–water partition coefficient (Wildman–Crippen LogP) is 3.85. The number of sulfonamides is 1. The van der Waals surface area contributed by atoms with Gasteiger partial charge in [0.2, 0.25) is 10.0 Å². The lowest BCUT2D eigenvalue weighted by Crippen LogP contribution is -2.51. The van der Waals surface area contributed by atoms with Gasteiger partial charge in [-0.1, -0.05) is 32.9 Å². The average Bonchev–Trinajstić information content (AvgIpc) is 2.75. The standard InChI is InChI=1S/C20H32N2O3S.C2HF3O2/c1-4-22-15-20(10-13-21(14-11-20)12-9-17(2)3)16-25-18-7-5-6-8-19(18)26(22,23)24;3-2(4,5)1(6)7/h5-8,17H,4,9-16H2,1-3H3;(H,6,7). The molecule has 1 aromatic rings. The van der Waals surface area contributed by atoms with E-state index in [1.807, 2.05) is 13.0 Å². The lowest BCUT2D eigenvalue weighted by molar-refractivity contribution is -0.192. The van der Waals surface area contributed by atoms with E-state index in [2.05, 4.69) is 18.7 Å². The minimum atomic E-state index is -5.08. The van der Waals surface area contributed by atoms with Crippen LogP contribution in [0.2, 0.25) is 0 Å². The minimum Gasteiger partial charge on any atom is -0.492 e. The maximum atomic E-state index is 13.1. The molecule has 0 atom stereocenters. The zero-order valence-corrected chi connectivity index (χ0v) is 20.1. The number of alkyl halides is 3. The van der Waals surface area contributed by atoms with Crippen LogP contribution in [0.1, 0.15) is 40.0 Å². The van der Waals surface area contributed by atoms with E-state index < -0.39 is 22.2 Å². The number of carboxylic acids is 1. The third-order valence-corrected chi connectivity index (χ3v) is 8.01. The van der Waals surface area contributed by atoms with Gasteiger partial charge in [-0.2, -0.15) is 17.5 Å². The molecule has 3 rings (SSSR count). The van der Waals surface area contributed by atoms with Crippen molar-refractivity contribution in [2.45, 2.75) is 51.1 Å². The normalized spacial score (nSPS) is 20.7. The number of ether oxygens (including phenoxy) is 1. The van der Waals surface area contributed by atoms with Gasteiger partial charge in [-0.3, -0.25) is 0 Å².